The van der Waals surface area contributed by atoms with Crippen LogP contribution in [-0.2, 0) is 0 Å². The molecule has 260 valence electrons. The van der Waals surface area contributed by atoms with Crippen molar-refractivity contribution < 1.29 is 0 Å². The van der Waals surface area contributed by atoms with Crippen LogP contribution in [0.2, 0.25) is 0 Å². The van der Waals surface area contributed by atoms with E-state index in [-0.39, 0.29) is 6.04 Å². The summed E-state index contributed by atoms with van der Waals surface area (Å²) < 4.78 is 2.42. The van der Waals surface area contributed by atoms with Crippen LogP contribution in [0.25, 0.3) is 44.2 Å². The second-order valence-corrected chi connectivity index (χ2v) is 13.9. The van der Waals surface area contributed by atoms with Crippen molar-refractivity contribution in [3.8, 4) is 0 Å². The van der Waals surface area contributed by atoms with Crippen molar-refractivity contribution in [2.45, 2.75) is 39.2 Å². The maximum absolute atomic E-state index is 5.22. The second kappa shape index (κ2) is 14.8. The first-order valence-electron chi connectivity index (χ1n) is 18.6. The normalized spacial score (nSPS) is 21.6. The lowest BCUT2D eigenvalue weighted by Gasteiger charge is -2.23. The van der Waals surface area contributed by atoms with Gasteiger partial charge in [-0.05, 0) is 97.5 Å². The van der Waals surface area contributed by atoms with Gasteiger partial charge in [-0.15, -0.1) is 0 Å². The molecule has 2 aromatic heterocycles. The number of aliphatic imine (C=N–C) groups is 1. The number of hydrogen-bond donors (Lipinski definition) is 0. The van der Waals surface area contributed by atoms with Gasteiger partial charge < -0.3 is 4.57 Å². The first-order chi connectivity index (χ1) is 26.0. The average Bonchev–Trinajstić information content (AvgIpc) is 3.55. The zero-order chi connectivity index (χ0) is 36.3. The molecule has 4 aromatic rings. The van der Waals surface area contributed by atoms with E-state index in [4.69, 9.17) is 9.97 Å². The van der Waals surface area contributed by atoms with Crippen LogP contribution in [0.1, 0.15) is 50.3 Å². The van der Waals surface area contributed by atoms with Crippen molar-refractivity contribution >= 4 is 50.4 Å². The highest BCUT2D eigenvalue weighted by Gasteiger charge is 2.22. The van der Waals surface area contributed by atoms with E-state index in [1.165, 1.54) is 38.6 Å². The standard InChI is InChI=1S/C49H44N4/c1-5-34(21-20-33(4)38-26-29-44(50-7-3)35(6-2)30-38)49-51-45(32-46(52-49)40-23-22-36-14-8-9-15-39(36)31-40)37-24-27-41(28-25-37)53-47-18-12-10-16-42(47)43-17-11-13-19-48(43)53/h5-24,26-27,30-32,36,39,44H,1-2,25,28-29H2,3-4H3/b33-20+,34-21+,50-7?. The molecular weight excluding hydrogens is 645 g/mol. The first kappa shape index (κ1) is 34.0. The number of benzene rings is 2. The molecule has 53 heavy (non-hydrogen) atoms. The SMILES string of the molecule is C=CC1=CC(/C(C)=C/C=C(\C=C)c2nc(C3=CC4C=CC=CC4C=C3)cc(C3=CC=C(n4c5ccccc5c5ccccc54)CC3)n2)=CCC1N=CC. The third-order valence-corrected chi connectivity index (χ3v) is 10.7. The van der Waals surface area contributed by atoms with E-state index in [1.807, 2.05) is 25.3 Å². The molecule has 0 amide bonds. The lowest BCUT2D eigenvalue weighted by Crippen LogP contribution is -2.12. The molecule has 0 saturated carbocycles. The van der Waals surface area contributed by atoms with Gasteiger partial charge in [-0.3, -0.25) is 4.99 Å². The molecule has 0 aliphatic heterocycles. The molecule has 0 radical (unpaired) electrons. The fourth-order valence-corrected chi connectivity index (χ4v) is 7.85. The third kappa shape index (κ3) is 6.69. The predicted octanol–water partition coefficient (Wildman–Crippen LogP) is 12.0. The van der Waals surface area contributed by atoms with Crippen LogP contribution < -0.4 is 0 Å². The van der Waals surface area contributed by atoms with E-state index >= 15 is 0 Å². The summed E-state index contributed by atoms with van der Waals surface area (Å²) in [5, 5.41) is 2.56. The van der Waals surface area contributed by atoms with E-state index in [9.17, 15) is 0 Å². The van der Waals surface area contributed by atoms with Crippen molar-refractivity contribution in [3.05, 3.63) is 193 Å². The summed E-state index contributed by atoms with van der Waals surface area (Å²) in [6.45, 7) is 12.3. The van der Waals surface area contributed by atoms with Crippen molar-refractivity contribution in [2.24, 2.45) is 16.8 Å². The number of nitrogens with zero attached hydrogens (tertiary/aromatic N) is 4. The summed E-state index contributed by atoms with van der Waals surface area (Å²) in [5.41, 5.74) is 12.3. The predicted molar refractivity (Wildman–Crippen MR) is 226 cm³/mol. The molecular formula is C49H44N4. The Morgan fingerprint density at radius 2 is 1.60 bits per heavy atom. The first-order valence-corrected chi connectivity index (χ1v) is 18.6. The van der Waals surface area contributed by atoms with Gasteiger partial charge in [-0.25, -0.2) is 9.97 Å². The molecule has 2 aromatic carbocycles. The van der Waals surface area contributed by atoms with Gasteiger partial charge in [0.15, 0.2) is 5.82 Å². The monoisotopic (exact) mass is 688 g/mol. The summed E-state index contributed by atoms with van der Waals surface area (Å²) in [5.74, 6) is 1.36. The fraction of sp³-hybridized carbons (Fsp3) is 0.163. The van der Waals surface area contributed by atoms with Crippen molar-refractivity contribution in [1.29, 1.82) is 0 Å². The van der Waals surface area contributed by atoms with Gasteiger partial charge >= 0.3 is 0 Å². The highest BCUT2D eigenvalue weighted by atomic mass is 15.0. The van der Waals surface area contributed by atoms with Gasteiger partial charge in [0.2, 0.25) is 0 Å². The summed E-state index contributed by atoms with van der Waals surface area (Å²) in [6.07, 6.45) is 37.1. The Bertz CT molecular complexity index is 2440. The van der Waals surface area contributed by atoms with Gasteiger partial charge in [0.25, 0.3) is 0 Å². The summed E-state index contributed by atoms with van der Waals surface area (Å²) in [7, 11) is 0. The quantitative estimate of drug-likeness (QED) is 0.130. The minimum absolute atomic E-state index is 0.128. The maximum Gasteiger partial charge on any atom is 0.160 e. The Hall–Kier alpha value is -6.13. The van der Waals surface area contributed by atoms with E-state index in [2.05, 4.69) is 163 Å². The Morgan fingerprint density at radius 1 is 0.868 bits per heavy atom. The van der Waals surface area contributed by atoms with Gasteiger partial charge in [0.05, 0.1) is 28.5 Å². The minimum Gasteiger partial charge on any atom is -0.313 e. The summed E-state index contributed by atoms with van der Waals surface area (Å²) in [6, 6.07) is 19.7. The molecule has 4 nitrogen and oxygen atoms in total. The molecule has 0 saturated heterocycles. The molecule has 0 bridgehead atoms. The van der Waals surface area contributed by atoms with Crippen LogP contribution in [0.3, 0.4) is 0 Å². The van der Waals surface area contributed by atoms with Crippen molar-refractivity contribution in [1.82, 2.24) is 14.5 Å². The number of rotatable bonds is 9. The highest BCUT2D eigenvalue weighted by molar-refractivity contribution is 6.10. The van der Waals surface area contributed by atoms with Crippen molar-refractivity contribution in [2.75, 3.05) is 0 Å². The fourth-order valence-electron chi connectivity index (χ4n) is 7.85. The second-order valence-electron chi connectivity index (χ2n) is 13.9. The topological polar surface area (TPSA) is 43.1 Å². The van der Waals surface area contributed by atoms with Gasteiger partial charge in [0.1, 0.15) is 0 Å². The minimum atomic E-state index is 0.128. The molecule has 0 spiro atoms. The zero-order valence-electron chi connectivity index (χ0n) is 30.5. The molecule has 2 heterocycles. The van der Waals surface area contributed by atoms with Crippen LogP contribution in [0.4, 0.5) is 0 Å². The molecule has 0 fully saturated rings. The number of hydrogen-bond acceptors (Lipinski definition) is 3. The number of aromatic nitrogens is 3. The Kier molecular flexibility index (Phi) is 9.52. The van der Waals surface area contributed by atoms with E-state index in [1.54, 1.807) is 0 Å². The van der Waals surface area contributed by atoms with Gasteiger partial charge in [0, 0.05) is 33.9 Å². The van der Waals surface area contributed by atoms with E-state index in [0.29, 0.717) is 17.7 Å². The molecule has 4 aliphatic rings. The van der Waals surface area contributed by atoms with Crippen LogP contribution in [0, 0.1) is 11.8 Å². The number of fused-ring (bicyclic) bond motifs is 4. The summed E-state index contributed by atoms with van der Waals surface area (Å²) >= 11 is 0. The largest absolute Gasteiger partial charge is 0.313 e. The third-order valence-electron chi connectivity index (χ3n) is 10.7. The average molecular weight is 689 g/mol. The zero-order valence-corrected chi connectivity index (χ0v) is 30.5. The Morgan fingerprint density at radius 3 is 2.30 bits per heavy atom. The van der Waals surface area contributed by atoms with Crippen LogP contribution in [0.5, 0.6) is 0 Å². The number of para-hydroxylation sites is 2. The van der Waals surface area contributed by atoms with E-state index < -0.39 is 0 Å². The molecule has 4 aliphatic carbocycles. The van der Waals surface area contributed by atoms with Crippen molar-refractivity contribution in [3.63, 3.8) is 0 Å². The number of allylic oxidation sites excluding steroid dienone is 19. The Labute approximate surface area is 312 Å². The lowest BCUT2D eigenvalue weighted by atomic mass is 9.82. The molecule has 3 atom stereocenters. The van der Waals surface area contributed by atoms with Crippen LogP contribution in [-0.4, -0.2) is 26.8 Å². The molecule has 8 rings (SSSR count). The van der Waals surface area contributed by atoms with Crippen LogP contribution in [0.15, 0.2) is 181 Å². The molecule has 0 N–H and O–H groups in total. The molecule has 4 heteroatoms. The lowest BCUT2D eigenvalue weighted by molar-refractivity contribution is 0.662. The maximum atomic E-state index is 5.22. The van der Waals surface area contributed by atoms with Gasteiger partial charge in [-0.2, -0.15) is 0 Å². The van der Waals surface area contributed by atoms with Crippen LogP contribution >= 0.6 is 0 Å². The highest BCUT2D eigenvalue weighted by Crippen LogP contribution is 2.38. The Balaban J connectivity index is 1.18. The molecule has 3 unspecified atom stereocenters. The van der Waals surface area contributed by atoms with E-state index in [0.717, 1.165) is 52.9 Å². The summed E-state index contributed by atoms with van der Waals surface area (Å²) in [4.78, 5) is 15.0. The smallest absolute Gasteiger partial charge is 0.160 e. The van der Waals surface area contributed by atoms with Gasteiger partial charge in [-0.1, -0.05) is 129 Å².